The van der Waals surface area contributed by atoms with E-state index in [-0.39, 0.29) is 35.8 Å². The van der Waals surface area contributed by atoms with Gasteiger partial charge in [0.15, 0.2) is 0 Å². The van der Waals surface area contributed by atoms with Crippen molar-refractivity contribution >= 4 is 23.5 Å². The molecular weight excluding hydrogens is 342 g/mol. The Kier molecular flexibility index (Phi) is 6.26. The predicted octanol–water partition coefficient (Wildman–Crippen LogP) is 2.99. The molecule has 2 heterocycles. The fourth-order valence-corrected chi connectivity index (χ4v) is 5.67. The van der Waals surface area contributed by atoms with Crippen LogP contribution in [0.25, 0.3) is 0 Å². The van der Waals surface area contributed by atoms with Crippen molar-refractivity contribution in [3.05, 3.63) is 0 Å². The van der Waals surface area contributed by atoms with Crippen molar-refractivity contribution in [1.29, 1.82) is 0 Å². The summed E-state index contributed by atoms with van der Waals surface area (Å²) in [5, 5.41) is 0.286. The van der Waals surface area contributed by atoms with Crippen molar-refractivity contribution in [3.8, 4) is 0 Å². The summed E-state index contributed by atoms with van der Waals surface area (Å²) in [6.07, 6.45) is 7.28. The van der Waals surface area contributed by atoms with Crippen LogP contribution in [0.4, 0.5) is 0 Å². The zero-order valence-electron chi connectivity index (χ0n) is 15.3. The number of esters is 2. The summed E-state index contributed by atoms with van der Waals surface area (Å²) in [7, 11) is 1.48. The summed E-state index contributed by atoms with van der Waals surface area (Å²) in [6.45, 7) is 2.51. The normalized spacial score (nSPS) is 38.4. The molecule has 4 unspecified atom stereocenters. The van der Waals surface area contributed by atoms with Crippen LogP contribution < -0.4 is 0 Å². The van der Waals surface area contributed by atoms with E-state index in [1.165, 1.54) is 7.11 Å². The number of alkyl halides is 1. The van der Waals surface area contributed by atoms with Gasteiger partial charge in [-0.3, -0.25) is 14.5 Å². The third kappa shape index (κ3) is 3.97. The van der Waals surface area contributed by atoms with Crippen molar-refractivity contribution in [2.24, 2.45) is 17.8 Å². The molecule has 4 atom stereocenters. The molecule has 3 rings (SSSR count). The van der Waals surface area contributed by atoms with Crippen LogP contribution in [0.15, 0.2) is 0 Å². The first-order chi connectivity index (χ1) is 12.0. The molecule has 6 heteroatoms. The molecule has 5 nitrogen and oxygen atoms in total. The van der Waals surface area contributed by atoms with Gasteiger partial charge < -0.3 is 9.47 Å². The van der Waals surface area contributed by atoms with Gasteiger partial charge in [0.2, 0.25) is 0 Å². The van der Waals surface area contributed by atoms with Crippen molar-refractivity contribution in [2.75, 3.05) is 20.3 Å². The molecule has 2 saturated heterocycles. The minimum absolute atomic E-state index is 0.106. The lowest BCUT2D eigenvalue weighted by Gasteiger charge is -2.46. The van der Waals surface area contributed by atoms with Gasteiger partial charge in [-0.1, -0.05) is 0 Å². The Morgan fingerprint density at radius 3 is 2.48 bits per heavy atom. The molecule has 0 amide bonds. The Morgan fingerprint density at radius 2 is 1.84 bits per heavy atom. The van der Waals surface area contributed by atoms with Crippen LogP contribution in [0.2, 0.25) is 0 Å². The highest BCUT2D eigenvalue weighted by molar-refractivity contribution is 6.20. The standard InChI is InChI=1S/C19H30ClNO4/c1-3-25-17(22)11-21-14-8-9-16(21)18(19(23)24-2)15(10-14)12-4-6-13(20)7-5-12/h12-16,18H,3-11H2,1-2H3. The molecule has 142 valence electrons. The quantitative estimate of drug-likeness (QED) is 0.549. The van der Waals surface area contributed by atoms with Crippen molar-refractivity contribution < 1.29 is 19.1 Å². The molecule has 2 bridgehead atoms. The molecule has 0 aromatic heterocycles. The third-order valence-corrected chi connectivity index (χ3v) is 6.94. The molecule has 3 aliphatic rings. The molecule has 0 spiro atoms. The van der Waals surface area contributed by atoms with Gasteiger partial charge in [-0.15, -0.1) is 11.6 Å². The summed E-state index contributed by atoms with van der Waals surface area (Å²) in [6, 6.07) is 0.489. The zero-order valence-corrected chi connectivity index (χ0v) is 16.0. The van der Waals surface area contributed by atoms with E-state index in [2.05, 4.69) is 4.90 Å². The molecule has 3 fully saturated rings. The Morgan fingerprint density at radius 1 is 1.12 bits per heavy atom. The summed E-state index contributed by atoms with van der Waals surface area (Å²) in [4.78, 5) is 26.9. The van der Waals surface area contributed by atoms with Crippen LogP contribution in [-0.2, 0) is 19.1 Å². The lowest BCUT2D eigenvalue weighted by atomic mass is 9.68. The molecule has 0 aromatic carbocycles. The fraction of sp³-hybridized carbons (Fsp3) is 0.895. The number of hydrogen-bond donors (Lipinski definition) is 0. The maximum absolute atomic E-state index is 12.6. The smallest absolute Gasteiger partial charge is 0.320 e. The van der Waals surface area contributed by atoms with Gasteiger partial charge in [0.25, 0.3) is 0 Å². The molecule has 1 saturated carbocycles. The van der Waals surface area contributed by atoms with Crippen LogP contribution in [0.3, 0.4) is 0 Å². The summed E-state index contributed by atoms with van der Waals surface area (Å²) < 4.78 is 10.3. The van der Waals surface area contributed by atoms with Gasteiger partial charge in [0.1, 0.15) is 0 Å². The molecule has 1 aliphatic carbocycles. The highest BCUT2D eigenvalue weighted by Crippen LogP contribution is 2.49. The lowest BCUT2D eigenvalue weighted by Crippen LogP contribution is -2.55. The molecule has 0 N–H and O–H groups in total. The molecule has 25 heavy (non-hydrogen) atoms. The Labute approximate surface area is 155 Å². The van der Waals surface area contributed by atoms with Crippen LogP contribution in [0, 0.1) is 17.8 Å². The largest absolute Gasteiger partial charge is 0.469 e. The second kappa shape index (κ2) is 8.26. The second-order valence-electron chi connectivity index (χ2n) is 7.74. The lowest BCUT2D eigenvalue weighted by molar-refractivity contribution is -0.158. The number of piperidine rings is 1. The van der Waals surface area contributed by atoms with Crippen LogP contribution in [0.1, 0.15) is 51.9 Å². The number of nitrogens with zero attached hydrogens (tertiary/aromatic N) is 1. The van der Waals surface area contributed by atoms with E-state index in [0.717, 1.165) is 44.9 Å². The van der Waals surface area contributed by atoms with E-state index >= 15 is 0 Å². The maximum Gasteiger partial charge on any atom is 0.320 e. The number of hydrogen-bond acceptors (Lipinski definition) is 5. The average Bonchev–Trinajstić information content (AvgIpc) is 2.86. The van der Waals surface area contributed by atoms with Crippen molar-refractivity contribution in [3.63, 3.8) is 0 Å². The topological polar surface area (TPSA) is 55.8 Å². The Bertz CT molecular complexity index is 492. The summed E-state index contributed by atoms with van der Waals surface area (Å²) in [5.74, 6) is 0.468. The van der Waals surface area contributed by atoms with Crippen LogP contribution >= 0.6 is 11.6 Å². The van der Waals surface area contributed by atoms with E-state index in [4.69, 9.17) is 21.1 Å². The van der Waals surface area contributed by atoms with Crippen molar-refractivity contribution in [2.45, 2.75) is 69.3 Å². The maximum atomic E-state index is 12.6. The number of rotatable bonds is 5. The van der Waals surface area contributed by atoms with Gasteiger partial charge in [-0.2, -0.15) is 0 Å². The number of carbonyl (C=O) groups excluding carboxylic acids is 2. The number of fused-ring (bicyclic) bond motifs is 2. The summed E-state index contributed by atoms with van der Waals surface area (Å²) in [5.41, 5.74) is 0. The van der Waals surface area contributed by atoms with E-state index < -0.39 is 0 Å². The van der Waals surface area contributed by atoms with Crippen LogP contribution in [0.5, 0.6) is 0 Å². The Hall–Kier alpha value is -0.810. The van der Waals surface area contributed by atoms with E-state index in [1.807, 2.05) is 6.92 Å². The monoisotopic (exact) mass is 371 g/mol. The number of ether oxygens (including phenoxy) is 2. The second-order valence-corrected chi connectivity index (χ2v) is 8.35. The number of carbonyl (C=O) groups is 2. The molecule has 2 aliphatic heterocycles. The fourth-order valence-electron chi connectivity index (χ4n) is 5.41. The SMILES string of the molecule is CCOC(=O)CN1C2CCC1C(C(=O)OC)C(C1CCC(Cl)CC1)C2. The minimum Gasteiger partial charge on any atom is -0.469 e. The van der Waals surface area contributed by atoms with Gasteiger partial charge in [-0.05, 0) is 63.7 Å². The van der Waals surface area contributed by atoms with E-state index in [1.54, 1.807) is 0 Å². The van der Waals surface area contributed by atoms with E-state index in [0.29, 0.717) is 24.5 Å². The van der Waals surface area contributed by atoms with Gasteiger partial charge in [0, 0.05) is 17.5 Å². The first kappa shape index (κ1) is 19.0. The Balaban J connectivity index is 1.76. The summed E-state index contributed by atoms with van der Waals surface area (Å²) >= 11 is 6.28. The molecular formula is C19H30ClNO4. The zero-order chi connectivity index (χ0) is 18.0. The van der Waals surface area contributed by atoms with Crippen LogP contribution in [-0.4, -0.2) is 54.6 Å². The minimum atomic E-state index is -0.191. The van der Waals surface area contributed by atoms with Gasteiger partial charge >= 0.3 is 11.9 Å². The molecule has 0 aromatic rings. The highest BCUT2D eigenvalue weighted by Gasteiger charge is 2.53. The van der Waals surface area contributed by atoms with Gasteiger partial charge in [0.05, 0.1) is 26.2 Å². The predicted molar refractivity (Wildman–Crippen MR) is 95.4 cm³/mol. The average molecular weight is 372 g/mol. The first-order valence-electron chi connectivity index (χ1n) is 9.68. The van der Waals surface area contributed by atoms with E-state index in [9.17, 15) is 9.59 Å². The first-order valence-corrected chi connectivity index (χ1v) is 10.1. The number of methoxy groups -OCH3 is 1. The molecule has 0 radical (unpaired) electrons. The highest BCUT2D eigenvalue weighted by atomic mass is 35.5. The number of halogens is 1. The van der Waals surface area contributed by atoms with Crippen molar-refractivity contribution in [1.82, 2.24) is 4.90 Å². The third-order valence-electron chi connectivity index (χ3n) is 6.51. The van der Waals surface area contributed by atoms with Gasteiger partial charge in [-0.25, -0.2) is 0 Å².